The van der Waals surface area contributed by atoms with E-state index in [-0.39, 0.29) is 12.4 Å². The molecule has 0 amide bonds. The van der Waals surface area contributed by atoms with Crippen molar-refractivity contribution in [2.75, 3.05) is 6.26 Å². The second-order valence-corrected chi connectivity index (χ2v) is 6.41. The van der Waals surface area contributed by atoms with Gasteiger partial charge in [0.1, 0.15) is 18.2 Å². The van der Waals surface area contributed by atoms with E-state index in [0.717, 1.165) is 6.26 Å². The molecule has 1 rings (SSSR count). The highest BCUT2D eigenvalue weighted by atomic mass is 32.2. The summed E-state index contributed by atoms with van der Waals surface area (Å²) in [6.07, 6.45) is 1.15. The molecule has 0 saturated heterocycles. The summed E-state index contributed by atoms with van der Waals surface area (Å²) in [5, 5.41) is 16.6. The van der Waals surface area contributed by atoms with Gasteiger partial charge in [-0.15, -0.1) is 10.2 Å². The Morgan fingerprint density at radius 3 is 2.31 bits per heavy atom. The molecule has 0 atom stereocenters. The molecule has 0 aromatic carbocycles. The highest BCUT2D eigenvalue weighted by molar-refractivity contribution is 7.89. The number of aliphatic hydroxyl groups excluding tert-OH is 1. The third-order valence-electron chi connectivity index (χ3n) is 1.98. The highest BCUT2D eigenvalue weighted by Crippen LogP contribution is 2.09. The first-order chi connectivity index (χ1) is 7.33. The maximum Gasteiger partial charge on any atom is 0.158 e. The molecule has 0 aliphatic rings. The second kappa shape index (κ2) is 4.92. The zero-order valence-electron chi connectivity index (χ0n) is 9.71. The SMILES string of the molecule is CC(C)Cn1c(CO)nnc1CS(C)(=O)=O. The Kier molecular flexibility index (Phi) is 4.03. The Balaban J connectivity index is 3.04. The van der Waals surface area contributed by atoms with E-state index in [2.05, 4.69) is 10.2 Å². The molecule has 6 nitrogen and oxygen atoms in total. The van der Waals surface area contributed by atoms with Crippen LogP contribution in [0.3, 0.4) is 0 Å². The van der Waals surface area contributed by atoms with Crippen molar-refractivity contribution < 1.29 is 13.5 Å². The summed E-state index contributed by atoms with van der Waals surface area (Å²) >= 11 is 0. The van der Waals surface area contributed by atoms with Gasteiger partial charge in [-0.25, -0.2) is 8.42 Å². The van der Waals surface area contributed by atoms with E-state index >= 15 is 0 Å². The van der Waals surface area contributed by atoms with Crippen LogP contribution >= 0.6 is 0 Å². The predicted molar refractivity (Wildman–Crippen MR) is 59.3 cm³/mol. The number of hydrogen-bond donors (Lipinski definition) is 1. The summed E-state index contributed by atoms with van der Waals surface area (Å²) in [6.45, 7) is 4.38. The molecule has 0 fully saturated rings. The van der Waals surface area contributed by atoms with Crippen LogP contribution in [0.25, 0.3) is 0 Å². The van der Waals surface area contributed by atoms with Crippen LogP contribution in [0.2, 0.25) is 0 Å². The van der Waals surface area contributed by atoms with Crippen LogP contribution < -0.4 is 0 Å². The lowest BCUT2D eigenvalue weighted by atomic mass is 10.2. The van der Waals surface area contributed by atoms with Crippen molar-refractivity contribution in [2.24, 2.45) is 5.92 Å². The molecule has 7 heteroatoms. The van der Waals surface area contributed by atoms with Gasteiger partial charge in [0.05, 0.1) is 0 Å². The predicted octanol–water partition coefficient (Wildman–Crippen LogP) is -0.0290. The zero-order valence-corrected chi connectivity index (χ0v) is 10.5. The van der Waals surface area contributed by atoms with Crippen molar-refractivity contribution in [2.45, 2.75) is 32.8 Å². The number of hydrogen-bond acceptors (Lipinski definition) is 5. The van der Waals surface area contributed by atoms with Gasteiger partial charge in [-0.05, 0) is 5.92 Å². The molecule has 1 N–H and O–H groups in total. The van der Waals surface area contributed by atoms with Crippen LogP contribution in [0.1, 0.15) is 25.5 Å². The largest absolute Gasteiger partial charge is 0.388 e. The molecular formula is C9H17N3O3S. The first kappa shape index (κ1) is 13.1. The summed E-state index contributed by atoms with van der Waals surface area (Å²) in [5.41, 5.74) is 0. The smallest absolute Gasteiger partial charge is 0.158 e. The highest BCUT2D eigenvalue weighted by Gasteiger charge is 2.16. The number of aliphatic hydroxyl groups is 1. The molecule has 0 aliphatic carbocycles. The van der Waals surface area contributed by atoms with Crippen molar-refractivity contribution >= 4 is 9.84 Å². The summed E-state index contributed by atoms with van der Waals surface area (Å²) in [5.74, 6) is 0.986. The molecule has 1 aromatic rings. The summed E-state index contributed by atoms with van der Waals surface area (Å²) in [6, 6.07) is 0. The summed E-state index contributed by atoms with van der Waals surface area (Å²) in [7, 11) is -3.14. The van der Waals surface area contributed by atoms with E-state index < -0.39 is 9.84 Å². The fourth-order valence-corrected chi connectivity index (χ4v) is 2.09. The van der Waals surface area contributed by atoms with Crippen molar-refractivity contribution in [3.8, 4) is 0 Å². The lowest BCUT2D eigenvalue weighted by molar-refractivity contribution is 0.262. The normalized spacial score (nSPS) is 12.3. The van der Waals surface area contributed by atoms with Crippen molar-refractivity contribution in [1.82, 2.24) is 14.8 Å². The Bertz CT molecular complexity index is 451. The van der Waals surface area contributed by atoms with Gasteiger partial charge in [0.2, 0.25) is 0 Å². The Morgan fingerprint density at radius 1 is 1.31 bits per heavy atom. The van der Waals surface area contributed by atoms with Crippen molar-refractivity contribution in [3.05, 3.63) is 11.6 Å². The van der Waals surface area contributed by atoms with E-state index in [9.17, 15) is 8.42 Å². The third kappa shape index (κ3) is 3.57. The quantitative estimate of drug-likeness (QED) is 0.789. The monoisotopic (exact) mass is 247 g/mol. The molecule has 1 heterocycles. The van der Waals surface area contributed by atoms with Crippen LogP contribution in [-0.2, 0) is 28.7 Å². The van der Waals surface area contributed by atoms with E-state index in [1.165, 1.54) is 0 Å². The Labute approximate surface area is 95.2 Å². The number of aromatic nitrogens is 3. The van der Waals surface area contributed by atoms with Gasteiger partial charge in [0.15, 0.2) is 15.7 Å². The molecule has 0 unspecified atom stereocenters. The first-order valence-electron chi connectivity index (χ1n) is 5.03. The van der Waals surface area contributed by atoms with E-state index in [1.54, 1.807) is 4.57 Å². The minimum Gasteiger partial charge on any atom is -0.388 e. The van der Waals surface area contributed by atoms with Crippen LogP contribution in [0.4, 0.5) is 0 Å². The molecule has 0 aliphatic heterocycles. The third-order valence-corrected chi connectivity index (χ3v) is 2.77. The average molecular weight is 247 g/mol. The first-order valence-corrected chi connectivity index (χ1v) is 7.09. The van der Waals surface area contributed by atoms with Crippen LogP contribution in [0.5, 0.6) is 0 Å². The zero-order chi connectivity index (χ0) is 12.3. The summed E-state index contributed by atoms with van der Waals surface area (Å²) in [4.78, 5) is 0. The standard InChI is InChI=1S/C9H17N3O3S/c1-7(2)4-12-8(5-13)10-11-9(12)6-16(3,14)15/h7,13H,4-6H2,1-3H3. The lowest BCUT2D eigenvalue weighted by Gasteiger charge is -2.11. The summed E-state index contributed by atoms with van der Waals surface area (Å²) < 4.78 is 24.1. The molecule has 0 radical (unpaired) electrons. The number of nitrogens with zero attached hydrogens (tertiary/aromatic N) is 3. The molecule has 0 bridgehead atoms. The number of rotatable bonds is 5. The van der Waals surface area contributed by atoms with Gasteiger partial charge >= 0.3 is 0 Å². The molecule has 0 spiro atoms. The number of sulfone groups is 1. The molecule has 16 heavy (non-hydrogen) atoms. The molecule has 92 valence electrons. The van der Waals surface area contributed by atoms with Gasteiger partial charge in [-0.1, -0.05) is 13.8 Å². The van der Waals surface area contributed by atoms with Crippen LogP contribution in [-0.4, -0.2) is 34.5 Å². The van der Waals surface area contributed by atoms with Gasteiger partial charge in [-0.2, -0.15) is 0 Å². The Hall–Kier alpha value is -0.950. The maximum atomic E-state index is 11.2. The van der Waals surface area contributed by atoms with Crippen molar-refractivity contribution in [1.29, 1.82) is 0 Å². The van der Waals surface area contributed by atoms with E-state index in [1.807, 2.05) is 13.8 Å². The van der Waals surface area contributed by atoms with Crippen LogP contribution in [0.15, 0.2) is 0 Å². The van der Waals surface area contributed by atoms with Crippen molar-refractivity contribution in [3.63, 3.8) is 0 Å². The van der Waals surface area contributed by atoms with Gasteiger partial charge in [0.25, 0.3) is 0 Å². The fraction of sp³-hybridized carbons (Fsp3) is 0.778. The Morgan fingerprint density at radius 2 is 1.88 bits per heavy atom. The van der Waals surface area contributed by atoms with Gasteiger partial charge in [0, 0.05) is 12.8 Å². The average Bonchev–Trinajstić information content (AvgIpc) is 2.45. The second-order valence-electron chi connectivity index (χ2n) is 4.27. The topological polar surface area (TPSA) is 85.1 Å². The lowest BCUT2D eigenvalue weighted by Crippen LogP contribution is -2.14. The van der Waals surface area contributed by atoms with E-state index in [0.29, 0.717) is 24.1 Å². The minimum absolute atomic E-state index is 0.146. The molecule has 0 saturated carbocycles. The fourth-order valence-electron chi connectivity index (χ4n) is 1.41. The van der Waals surface area contributed by atoms with Crippen LogP contribution in [0, 0.1) is 5.92 Å². The minimum atomic E-state index is -3.14. The molecular weight excluding hydrogens is 230 g/mol. The van der Waals surface area contributed by atoms with Gasteiger partial charge in [-0.3, -0.25) is 0 Å². The van der Waals surface area contributed by atoms with E-state index in [4.69, 9.17) is 5.11 Å². The molecule has 1 aromatic heterocycles. The van der Waals surface area contributed by atoms with Gasteiger partial charge < -0.3 is 9.67 Å². The maximum absolute atomic E-state index is 11.2.